The summed E-state index contributed by atoms with van der Waals surface area (Å²) >= 11 is 0. The van der Waals surface area contributed by atoms with Gasteiger partial charge in [0.15, 0.2) is 0 Å². The van der Waals surface area contributed by atoms with Gasteiger partial charge in [-0.3, -0.25) is 10.1 Å². The van der Waals surface area contributed by atoms with E-state index >= 15 is 0 Å². The SMILES string of the molecule is O=C(O)c1cc([N+](=O)[O-])cnc1N1CCCC(CCO)C1. The Hall–Kier alpha value is -2.22. The normalized spacial score (nSPS) is 18.5. The predicted molar refractivity (Wildman–Crippen MR) is 74.5 cm³/mol. The van der Waals surface area contributed by atoms with Crippen molar-refractivity contribution in [3.05, 3.63) is 27.9 Å². The summed E-state index contributed by atoms with van der Waals surface area (Å²) in [5.41, 5.74) is -0.492. The minimum absolute atomic E-state index is 0.0952. The van der Waals surface area contributed by atoms with E-state index in [9.17, 15) is 20.0 Å². The second-order valence-electron chi connectivity index (χ2n) is 5.09. The van der Waals surface area contributed by atoms with Crippen LogP contribution in [0.15, 0.2) is 12.3 Å². The third kappa shape index (κ3) is 3.46. The lowest BCUT2D eigenvalue weighted by atomic mass is 9.95. The number of carboxylic acid groups (broad SMARTS) is 1. The number of hydrogen-bond acceptors (Lipinski definition) is 6. The van der Waals surface area contributed by atoms with E-state index < -0.39 is 10.9 Å². The molecule has 1 atom stereocenters. The molecule has 0 radical (unpaired) electrons. The van der Waals surface area contributed by atoms with Crippen LogP contribution < -0.4 is 4.90 Å². The van der Waals surface area contributed by atoms with Crippen molar-refractivity contribution in [3.63, 3.8) is 0 Å². The Labute approximate surface area is 121 Å². The van der Waals surface area contributed by atoms with Crippen LogP contribution in [0.1, 0.15) is 29.6 Å². The molecule has 1 fully saturated rings. The van der Waals surface area contributed by atoms with Gasteiger partial charge in [-0.1, -0.05) is 0 Å². The van der Waals surface area contributed by atoms with Gasteiger partial charge in [0.25, 0.3) is 5.69 Å². The van der Waals surface area contributed by atoms with Crippen LogP contribution in [0.4, 0.5) is 11.5 Å². The Morgan fingerprint density at radius 2 is 2.33 bits per heavy atom. The molecule has 0 saturated carbocycles. The number of aromatic carboxylic acids is 1. The van der Waals surface area contributed by atoms with Crippen molar-refractivity contribution in [3.8, 4) is 0 Å². The summed E-state index contributed by atoms with van der Waals surface area (Å²) in [5.74, 6) is -0.691. The molecule has 1 aliphatic rings. The molecule has 0 spiro atoms. The number of piperidine rings is 1. The number of nitrogens with zero attached hydrogens (tertiary/aromatic N) is 3. The summed E-state index contributed by atoms with van der Waals surface area (Å²) < 4.78 is 0. The van der Waals surface area contributed by atoms with Crippen LogP contribution >= 0.6 is 0 Å². The number of hydrogen-bond donors (Lipinski definition) is 2. The predicted octanol–water partition coefficient (Wildman–Crippen LogP) is 1.29. The molecule has 8 nitrogen and oxygen atoms in total. The third-order valence-electron chi connectivity index (χ3n) is 3.65. The molecule has 2 heterocycles. The third-order valence-corrected chi connectivity index (χ3v) is 3.65. The zero-order chi connectivity index (χ0) is 15.4. The van der Waals surface area contributed by atoms with Crippen LogP contribution in [0.25, 0.3) is 0 Å². The molecule has 1 unspecified atom stereocenters. The van der Waals surface area contributed by atoms with Crippen LogP contribution in [-0.4, -0.2) is 45.8 Å². The van der Waals surface area contributed by atoms with Crippen molar-refractivity contribution >= 4 is 17.5 Å². The van der Waals surface area contributed by atoms with Gasteiger partial charge in [0.1, 0.15) is 17.6 Å². The van der Waals surface area contributed by atoms with Crippen LogP contribution in [0.2, 0.25) is 0 Å². The number of rotatable bonds is 5. The van der Waals surface area contributed by atoms with Gasteiger partial charge in [-0.2, -0.15) is 0 Å². The number of pyridine rings is 1. The van der Waals surface area contributed by atoms with E-state index in [1.165, 1.54) is 0 Å². The number of aliphatic hydroxyl groups excluding tert-OH is 1. The molecule has 0 aromatic carbocycles. The minimum atomic E-state index is -1.23. The number of carbonyl (C=O) groups is 1. The second-order valence-corrected chi connectivity index (χ2v) is 5.09. The second kappa shape index (κ2) is 6.49. The quantitative estimate of drug-likeness (QED) is 0.620. The summed E-state index contributed by atoms with van der Waals surface area (Å²) in [4.78, 5) is 27.2. The highest BCUT2D eigenvalue weighted by Gasteiger charge is 2.26. The number of aromatic nitrogens is 1. The molecule has 1 aliphatic heterocycles. The van der Waals surface area contributed by atoms with Crippen LogP contribution in [-0.2, 0) is 0 Å². The van der Waals surface area contributed by atoms with Crippen LogP contribution in [0.5, 0.6) is 0 Å². The van der Waals surface area contributed by atoms with Gasteiger partial charge in [0.05, 0.1) is 4.92 Å². The van der Waals surface area contributed by atoms with E-state index in [0.717, 1.165) is 25.1 Å². The average molecular weight is 295 g/mol. The van der Waals surface area contributed by atoms with Gasteiger partial charge in [-0.05, 0) is 25.2 Å². The lowest BCUT2D eigenvalue weighted by molar-refractivity contribution is -0.385. The first-order valence-corrected chi connectivity index (χ1v) is 6.76. The molecular weight excluding hydrogens is 278 g/mol. The smallest absolute Gasteiger partial charge is 0.339 e. The molecular formula is C13H17N3O5. The van der Waals surface area contributed by atoms with Gasteiger partial charge < -0.3 is 15.1 Å². The Morgan fingerprint density at radius 3 is 2.95 bits per heavy atom. The molecule has 1 aromatic heterocycles. The molecule has 1 saturated heterocycles. The van der Waals surface area contributed by atoms with Gasteiger partial charge in [-0.25, -0.2) is 9.78 Å². The van der Waals surface area contributed by atoms with Gasteiger partial charge >= 0.3 is 5.97 Å². The highest BCUT2D eigenvalue weighted by atomic mass is 16.6. The maximum absolute atomic E-state index is 11.3. The van der Waals surface area contributed by atoms with Crippen molar-refractivity contribution in [2.45, 2.75) is 19.3 Å². The van der Waals surface area contributed by atoms with Crippen molar-refractivity contribution in [2.75, 3.05) is 24.6 Å². The topological polar surface area (TPSA) is 117 Å². The van der Waals surface area contributed by atoms with Crippen molar-refractivity contribution in [2.24, 2.45) is 5.92 Å². The van der Waals surface area contributed by atoms with E-state index in [2.05, 4.69) is 4.98 Å². The maximum Gasteiger partial charge on any atom is 0.339 e. The van der Waals surface area contributed by atoms with E-state index in [1.54, 1.807) is 0 Å². The summed E-state index contributed by atoms with van der Waals surface area (Å²) in [7, 11) is 0. The van der Waals surface area contributed by atoms with E-state index in [1.807, 2.05) is 4.90 Å². The highest BCUT2D eigenvalue weighted by Crippen LogP contribution is 2.28. The van der Waals surface area contributed by atoms with Gasteiger partial charge in [-0.15, -0.1) is 0 Å². The lowest BCUT2D eigenvalue weighted by Gasteiger charge is -2.33. The fourth-order valence-electron chi connectivity index (χ4n) is 2.63. The van der Waals surface area contributed by atoms with Gasteiger partial charge in [0, 0.05) is 25.8 Å². The zero-order valence-corrected chi connectivity index (χ0v) is 11.4. The Kier molecular flexibility index (Phi) is 4.69. The fourth-order valence-corrected chi connectivity index (χ4v) is 2.63. The molecule has 21 heavy (non-hydrogen) atoms. The first kappa shape index (κ1) is 15.2. The molecule has 1 aromatic rings. The van der Waals surface area contributed by atoms with Crippen molar-refractivity contribution in [1.82, 2.24) is 4.98 Å². The van der Waals surface area contributed by atoms with E-state index in [4.69, 9.17) is 5.11 Å². The van der Waals surface area contributed by atoms with E-state index in [-0.39, 0.29) is 29.6 Å². The number of aliphatic hydroxyl groups is 1. The fraction of sp³-hybridized carbons (Fsp3) is 0.538. The van der Waals surface area contributed by atoms with E-state index in [0.29, 0.717) is 19.5 Å². The number of nitro groups is 1. The number of carboxylic acids is 1. The summed E-state index contributed by atoms with van der Waals surface area (Å²) in [6.07, 6.45) is 3.60. The Bertz CT molecular complexity index is 547. The number of anilines is 1. The van der Waals surface area contributed by atoms with Gasteiger partial charge in [0.2, 0.25) is 0 Å². The minimum Gasteiger partial charge on any atom is -0.478 e. The Balaban J connectivity index is 2.29. The molecule has 2 rings (SSSR count). The lowest BCUT2D eigenvalue weighted by Crippen LogP contribution is -2.37. The van der Waals surface area contributed by atoms with Crippen LogP contribution in [0.3, 0.4) is 0 Å². The molecule has 8 heteroatoms. The summed E-state index contributed by atoms with van der Waals surface area (Å²) in [6, 6.07) is 1.04. The largest absolute Gasteiger partial charge is 0.478 e. The molecule has 0 aliphatic carbocycles. The zero-order valence-electron chi connectivity index (χ0n) is 11.4. The monoisotopic (exact) mass is 295 g/mol. The maximum atomic E-state index is 11.3. The molecule has 0 bridgehead atoms. The first-order valence-electron chi connectivity index (χ1n) is 6.76. The molecule has 114 valence electrons. The van der Waals surface area contributed by atoms with Crippen LogP contribution in [0, 0.1) is 16.0 Å². The molecule has 2 N–H and O–H groups in total. The first-order chi connectivity index (χ1) is 10.0. The highest BCUT2D eigenvalue weighted by molar-refractivity contribution is 5.94. The molecule has 0 amide bonds. The summed E-state index contributed by atoms with van der Waals surface area (Å²) in [5, 5.41) is 29.0. The standard InChI is InChI=1S/C13H17N3O5/c17-5-3-9-2-1-4-15(8-9)12-11(13(18)19)6-10(7-14-12)16(20)21/h6-7,9,17H,1-5,8H2,(H,18,19). The Morgan fingerprint density at radius 1 is 1.57 bits per heavy atom. The van der Waals surface area contributed by atoms with Crippen molar-refractivity contribution in [1.29, 1.82) is 0 Å². The van der Waals surface area contributed by atoms with Crippen molar-refractivity contribution < 1.29 is 19.9 Å². The summed E-state index contributed by atoms with van der Waals surface area (Å²) in [6.45, 7) is 1.36. The average Bonchev–Trinajstić information content (AvgIpc) is 2.47.